The molecule has 1 unspecified atom stereocenters. The summed E-state index contributed by atoms with van der Waals surface area (Å²) in [4.78, 5) is 32.7. The van der Waals surface area contributed by atoms with Crippen molar-refractivity contribution in [3.63, 3.8) is 0 Å². The second-order valence-corrected chi connectivity index (χ2v) is 5.87. The molecule has 0 bridgehead atoms. The van der Waals surface area contributed by atoms with Gasteiger partial charge in [0.2, 0.25) is 5.24 Å². The first-order chi connectivity index (χ1) is 11.8. The zero-order valence-electron chi connectivity index (χ0n) is 14.0. The highest BCUT2D eigenvalue weighted by Crippen LogP contribution is 2.09. The van der Waals surface area contributed by atoms with E-state index < -0.39 is 12.0 Å². The summed E-state index contributed by atoms with van der Waals surface area (Å²) in [5.41, 5.74) is 2.19. The first-order valence-electron chi connectivity index (χ1n) is 7.60. The predicted molar refractivity (Wildman–Crippen MR) is 96.7 cm³/mol. The number of aliphatic carboxylic acids is 1. The van der Waals surface area contributed by atoms with Gasteiger partial charge >= 0.3 is 5.97 Å². The van der Waals surface area contributed by atoms with Crippen LogP contribution < -0.4 is 5.32 Å². The normalized spacial score (nSPS) is 10.8. The van der Waals surface area contributed by atoms with Crippen LogP contribution in [0.2, 0.25) is 0 Å². The first-order valence-corrected chi connectivity index (χ1v) is 7.98. The smallest absolute Gasteiger partial charge is 0.326 e. The molecule has 6 heteroatoms. The van der Waals surface area contributed by atoms with E-state index >= 15 is 0 Å². The third-order valence-electron chi connectivity index (χ3n) is 3.28. The molecule has 5 nitrogen and oxygen atoms in total. The molecule has 2 aromatic rings. The number of hydrogen-bond donors (Lipinski definition) is 2. The predicted octanol–water partition coefficient (Wildman–Crippen LogP) is 3.19. The van der Waals surface area contributed by atoms with E-state index in [1.807, 2.05) is 49.4 Å². The monoisotopic (exact) mass is 361 g/mol. The molecule has 0 heterocycles. The van der Waals surface area contributed by atoms with Gasteiger partial charge in [-0.05, 0) is 35.7 Å². The van der Waals surface area contributed by atoms with Crippen LogP contribution in [0.15, 0.2) is 54.6 Å². The second kappa shape index (κ2) is 10.3. The Kier molecular flexibility index (Phi) is 8.36. The summed E-state index contributed by atoms with van der Waals surface area (Å²) in [5, 5.41) is 11.5. The number of carboxylic acids is 1. The molecule has 0 aromatic heterocycles. The molecular formula is C19H20ClNO4. The molecule has 0 spiro atoms. The molecule has 0 aliphatic rings. The van der Waals surface area contributed by atoms with Crippen LogP contribution in [-0.4, -0.2) is 28.3 Å². The lowest BCUT2D eigenvalue weighted by atomic mass is 10.0. The van der Waals surface area contributed by atoms with E-state index in [0.717, 1.165) is 11.1 Å². The number of benzene rings is 2. The van der Waals surface area contributed by atoms with Gasteiger partial charge in [0.05, 0.1) is 0 Å². The number of carboxylic acid groups (broad SMARTS) is 1. The summed E-state index contributed by atoms with van der Waals surface area (Å²) < 4.78 is 0. The maximum Gasteiger partial charge on any atom is 0.326 e. The van der Waals surface area contributed by atoms with Crippen molar-refractivity contribution in [3.05, 3.63) is 71.3 Å². The summed E-state index contributed by atoms with van der Waals surface area (Å²) in [6, 6.07) is 15.4. The molecule has 132 valence electrons. The van der Waals surface area contributed by atoms with Crippen LogP contribution in [0.5, 0.6) is 0 Å². The summed E-state index contributed by atoms with van der Waals surface area (Å²) in [6.07, 6.45) is 0.258. The van der Waals surface area contributed by atoms with Gasteiger partial charge in [-0.2, -0.15) is 0 Å². The van der Waals surface area contributed by atoms with E-state index in [2.05, 4.69) is 16.9 Å². The Balaban J connectivity index is 0.000000705. The van der Waals surface area contributed by atoms with E-state index in [1.165, 1.54) is 6.92 Å². The average molecular weight is 362 g/mol. The number of amides is 1. The highest BCUT2D eigenvalue weighted by atomic mass is 35.5. The van der Waals surface area contributed by atoms with E-state index in [-0.39, 0.29) is 17.6 Å². The first kappa shape index (κ1) is 20.4. The number of carbonyl (C=O) groups is 3. The molecule has 0 radical (unpaired) electrons. The van der Waals surface area contributed by atoms with Crippen LogP contribution in [0.3, 0.4) is 0 Å². The van der Waals surface area contributed by atoms with Crippen molar-refractivity contribution >= 4 is 28.7 Å². The minimum atomic E-state index is -1.04. The Morgan fingerprint density at radius 3 is 2.08 bits per heavy atom. The summed E-state index contributed by atoms with van der Waals surface area (Å²) in [5.74, 6) is -1.41. The highest BCUT2D eigenvalue weighted by molar-refractivity contribution is 6.62. The van der Waals surface area contributed by atoms with Crippen molar-refractivity contribution in [3.8, 4) is 0 Å². The lowest BCUT2D eigenvalue weighted by Crippen LogP contribution is -2.42. The minimum absolute atomic E-state index is 0.258. The van der Waals surface area contributed by atoms with Crippen LogP contribution in [-0.2, 0) is 16.0 Å². The van der Waals surface area contributed by atoms with Gasteiger partial charge < -0.3 is 10.4 Å². The van der Waals surface area contributed by atoms with Crippen molar-refractivity contribution in [2.75, 3.05) is 0 Å². The van der Waals surface area contributed by atoms with Crippen molar-refractivity contribution in [1.29, 1.82) is 0 Å². The van der Waals surface area contributed by atoms with Crippen molar-refractivity contribution < 1.29 is 19.5 Å². The van der Waals surface area contributed by atoms with E-state index in [0.29, 0.717) is 5.56 Å². The molecule has 0 aliphatic carbocycles. The number of rotatable bonds is 5. The molecule has 0 saturated carbocycles. The second-order valence-electron chi connectivity index (χ2n) is 5.34. The average Bonchev–Trinajstić information content (AvgIpc) is 2.55. The zero-order chi connectivity index (χ0) is 18.8. The molecule has 0 saturated heterocycles. The largest absolute Gasteiger partial charge is 0.480 e. The molecule has 2 rings (SSSR count). The van der Waals surface area contributed by atoms with E-state index in [1.54, 1.807) is 12.1 Å². The van der Waals surface area contributed by atoms with Gasteiger partial charge in [0.25, 0.3) is 5.91 Å². The maximum atomic E-state index is 12.2. The molecule has 2 N–H and O–H groups in total. The highest BCUT2D eigenvalue weighted by Gasteiger charge is 2.21. The van der Waals surface area contributed by atoms with E-state index in [9.17, 15) is 19.5 Å². The molecule has 2 aromatic carbocycles. The van der Waals surface area contributed by atoms with Gasteiger partial charge in [0, 0.05) is 18.9 Å². The SMILES string of the molecule is CC(=O)Cl.Cc1ccccc1C(=O)NC(Cc1ccccc1)C(=O)O. The zero-order valence-corrected chi connectivity index (χ0v) is 14.8. The number of carbonyl (C=O) groups excluding carboxylic acids is 2. The topological polar surface area (TPSA) is 83.5 Å². The van der Waals surface area contributed by atoms with Crippen LogP contribution in [0.1, 0.15) is 28.4 Å². The lowest BCUT2D eigenvalue weighted by Gasteiger charge is -2.15. The third-order valence-corrected chi connectivity index (χ3v) is 3.28. The maximum absolute atomic E-state index is 12.2. The van der Waals surface area contributed by atoms with Gasteiger partial charge in [-0.25, -0.2) is 4.79 Å². The summed E-state index contributed by atoms with van der Waals surface area (Å²) in [7, 11) is 0. The van der Waals surface area contributed by atoms with Crippen LogP contribution >= 0.6 is 11.6 Å². The number of halogens is 1. The molecule has 25 heavy (non-hydrogen) atoms. The number of hydrogen-bond acceptors (Lipinski definition) is 3. The fourth-order valence-electron chi connectivity index (χ4n) is 2.11. The van der Waals surface area contributed by atoms with Crippen molar-refractivity contribution in [1.82, 2.24) is 5.32 Å². The van der Waals surface area contributed by atoms with Gasteiger partial charge in [-0.1, -0.05) is 48.5 Å². The Hall–Kier alpha value is -2.66. The Labute approximate surface area is 151 Å². The number of nitrogens with one attached hydrogen (secondary N) is 1. The van der Waals surface area contributed by atoms with Gasteiger partial charge in [-0.15, -0.1) is 0 Å². The van der Waals surface area contributed by atoms with Gasteiger partial charge in [0.15, 0.2) is 0 Å². The van der Waals surface area contributed by atoms with Gasteiger partial charge in [0.1, 0.15) is 6.04 Å². The summed E-state index contributed by atoms with van der Waals surface area (Å²) >= 11 is 4.64. The van der Waals surface area contributed by atoms with Crippen LogP contribution in [0.4, 0.5) is 0 Å². The quantitative estimate of drug-likeness (QED) is 0.801. The van der Waals surface area contributed by atoms with Crippen molar-refractivity contribution in [2.24, 2.45) is 0 Å². The molecule has 0 aliphatic heterocycles. The Morgan fingerprint density at radius 2 is 1.56 bits per heavy atom. The molecule has 1 amide bonds. The Morgan fingerprint density at radius 1 is 1.04 bits per heavy atom. The van der Waals surface area contributed by atoms with Crippen LogP contribution in [0, 0.1) is 6.92 Å². The standard InChI is InChI=1S/C17H17NO3.C2H3ClO/c1-12-7-5-6-10-14(12)16(19)18-15(17(20)21)11-13-8-3-2-4-9-13;1-2(3)4/h2-10,15H,11H2,1H3,(H,18,19)(H,20,21);1H3. The lowest BCUT2D eigenvalue weighted by molar-refractivity contribution is -0.139. The molecular weight excluding hydrogens is 342 g/mol. The van der Waals surface area contributed by atoms with Gasteiger partial charge in [-0.3, -0.25) is 9.59 Å². The van der Waals surface area contributed by atoms with Crippen molar-refractivity contribution in [2.45, 2.75) is 26.3 Å². The molecule has 0 fully saturated rings. The molecule has 1 atom stereocenters. The third kappa shape index (κ3) is 7.63. The minimum Gasteiger partial charge on any atom is -0.480 e. The summed E-state index contributed by atoms with van der Waals surface area (Å²) in [6.45, 7) is 3.11. The fraction of sp³-hybridized carbons (Fsp3) is 0.211. The van der Waals surface area contributed by atoms with E-state index in [4.69, 9.17) is 0 Å². The Bertz CT molecular complexity index is 727. The fourth-order valence-corrected chi connectivity index (χ4v) is 2.11. The van der Waals surface area contributed by atoms with Crippen LogP contribution in [0.25, 0.3) is 0 Å². The number of aryl methyl sites for hydroxylation is 1.